The van der Waals surface area contributed by atoms with E-state index in [0.717, 1.165) is 19.6 Å². The van der Waals surface area contributed by atoms with Gasteiger partial charge in [0.1, 0.15) is 0 Å². The number of primary amides is 1. The number of nitrogens with two attached hydrogens (primary N) is 1. The van der Waals surface area contributed by atoms with Crippen LogP contribution in [0.2, 0.25) is 0 Å². The number of rotatable bonds is 5. The molecule has 4 heteroatoms. The second-order valence-corrected chi connectivity index (χ2v) is 6.03. The first-order valence-electron chi connectivity index (χ1n) is 6.66. The molecule has 0 bridgehead atoms. The second kappa shape index (κ2) is 6.36. The van der Waals surface area contributed by atoms with Crippen molar-refractivity contribution in [1.82, 2.24) is 10.2 Å². The van der Waals surface area contributed by atoms with E-state index >= 15 is 0 Å². The summed E-state index contributed by atoms with van der Waals surface area (Å²) in [4.78, 5) is 13.3. The molecule has 1 atom stereocenters. The van der Waals surface area contributed by atoms with E-state index in [9.17, 15) is 4.79 Å². The molecule has 0 aliphatic carbocycles. The van der Waals surface area contributed by atoms with Gasteiger partial charge in [0.25, 0.3) is 0 Å². The standard InChI is InChI=1S/C13H27N3O/c1-13(2,3)15-10-11-6-4-5-8-16(11)9-7-12(14)17/h11,15H,4-10H2,1-3H3,(H2,14,17). The quantitative estimate of drug-likeness (QED) is 0.758. The molecule has 100 valence electrons. The highest BCUT2D eigenvalue weighted by molar-refractivity contribution is 5.73. The number of hydrogen-bond donors (Lipinski definition) is 2. The minimum Gasteiger partial charge on any atom is -0.370 e. The SMILES string of the molecule is CC(C)(C)NCC1CCCCN1CCC(N)=O. The number of nitrogens with one attached hydrogen (secondary N) is 1. The summed E-state index contributed by atoms with van der Waals surface area (Å²) in [5.74, 6) is -0.196. The Kier molecular flexibility index (Phi) is 5.40. The number of piperidine rings is 1. The number of nitrogens with zero attached hydrogens (tertiary/aromatic N) is 1. The maximum absolute atomic E-state index is 10.8. The third-order valence-electron chi connectivity index (χ3n) is 3.26. The van der Waals surface area contributed by atoms with Crippen LogP contribution in [0.15, 0.2) is 0 Å². The molecule has 4 nitrogen and oxygen atoms in total. The lowest BCUT2D eigenvalue weighted by Gasteiger charge is -2.37. The Labute approximate surface area is 105 Å². The van der Waals surface area contributed by atoms with Gasteiger partial charge in [-0.15, -0.1) is 0 Å². The minimum absolute atomic E-state index is 0.160. The van der Waals surface area contributed by atoms with Crippen molar-refractivity contribution < 1.29 is 4.79 Å². The van der Waals surface area contributed by atoms with Crippen LogP contribution in [0, 0.1) is 0 Å². The third kappa shape index (κ3) is 6.03. The van der Waals surface area contributed by atoms with Crippen LogP contribution in [-0.4, -0.2) is 42.0 Å². The predicted molar refractivity (Wildman–Crippen MR) is 70.8 cm³/mol. The van der Waals surface area contributed by atoms with E-state index in [-0.39, 0.29) is 11.4 Å². The number of likely N-dealkylation sites (tertiary alicyclic amines) is 1. The van der Waals surface area contributed by atoms with Crippen LogP contribution < -0.4 is 11.1 Å². The largest absolute Gasteiger partial charge is 0.370 e. The van der Waals surface area contributed by atoms with E-state index in [4.69, 9.17) is 5.73 Å². The van der Waals surface area contributed by atoms with Crippen molar-refractivity contribution in [2.75, 3.05) is 19.6 Å². The molecule has 0 saturated carbocycles. The Morgan fingerprint density at radius 1 is 1.41 bits per heavy atom. The lowest BCUT2D eigenvalue weighted by Crippen LogP contribution is -2.50. The van der Waals surface area contributed by atoms with Gasteiger partial charge >= 0.3 is 0 Å². The molecule has 0 aromatic carbocycles. The van der Waals surface area contributed by atoms with Crippen molar-refractivity contribution in [2.24, 2.45) is 5.73 Å². The molecular formula is C13H27N3O. The van der Waals surface area contributed by atoms with E-state index in [1.165, 1.54) is 19.3 Å². The summed E-state index contributed by atoms with van der Waals surface area (Å²) in [6, 6.07) is 0.558. The molecule has 0 aromatic rings. The van der Waals surface area contributed by atoms with Gasteiger partial charge in [0.15, 0.2) is 0 Å². The average Bonchev–Trinajstić information content (AvgIpc) is 2.23. The molecule has 1 fully saturated rings. The molecule has 3 N–H and O–H groups in total. The van der Waals surface area contributed by atoms with Gasteiger partial charge in [-0.2, -0.15) is 0 Å². The van der Waals surface area contributed by atoms with Crippen LogP contribution in [0.1, 0.15) is 46.5 Å². The zero-order chi connectivity index (χ0) is 12.9. The molecule has 0 radical (unpaired) electrons. The Balaban J connectivity index is 2.39. The summed E-state index contributed by atoms with van der Waals surface area (Å²) < 4.78 is 0. The van der Waals surface area contributed by atoms with Gasteiger partial charge in [-0.05, 0) is 40.2 Å². The fourth-order valence-electron chi connectivity index (χ4n) is 2.26. The summed E-state index contributed by atoms with van der Waals surface area (Å²) in [6.45, 7) is 9.47. The second-order valence-electron chi connectivity index (χ2n) is 6.03. The normalized spacial score (nSPS) is 22.6. The maximum Gasteiger partial charge on any atom is 0.218 e. The van der Waals surface area contributed by atoms with Crippen LogP contribution >= 0.6 is 0 Å². The van der Waals surface area contributed by atoms with Crippen LogP contribution in [0.5, 0.6) is 0 Å². The summed E-state index contributed by atoms with van der Waals surface area (Å²) in [7, 11) is 0. The van der Waals surface area contributed by atoms with Crippen LogP contribution in [0.25, 0.3) is 0 Å². The Bertz CT molecular complexity index is 248. The molecular weight excluding hydrogens is 214 g/mol. The molecule has 1 saturated heterocycles. The van der Waals surface area contributed by atoms with Crippen LogP contribution in [0.3, 0.4) is 0 Å². The van der Waals surface area contributed by atoms with E-state index in [1.807, 2.05) is 0 Å². The highest BCUT2D eigenvalue weighted by Crippen LogP contribution is 2.17. The molecule has 0 aromatic heterocycles. The van der Waals surface area contributed by atoms with Gasteiger partial charge in [0, 0.05) is 31.1 Å². The fourth-order valence-corrected chi connectivity index (χ4v) is 2.26. The average molecular weight is 241 g/mol. The molecule has 1 aliphatic heterocycles. The molecule has 1 heterocycles. The van der Waals surface area contributed by atoms with Crippen molar-refractivity contribution in [3.05, 3.63) is 0 Å². The van der Waals surface area contributed by atoms with Crippen molar-refractivity contribution in [3.63, 3.8) is 0 Å². The Morgan fingerprint density at radius 2 is 2.12 bits per heavy atom. The van der Waals surface area contributed by atoms with Crippen molar-refractivity contribution in [1.29, 1.82) is 0 Å². The van der Waals surface area contributed by atoms with Gasteiger partial charge in [0.05, 0.1) is 0 Å². The van der Waals surface area contributed by atoms with Crippen molar-refractivity contribution in [3.8, 4) is 0 Å². The highest BCUT2D eigenvalue weighted by atomic mass is 16.1. The molecule has 1 rings (SSSR count). The first kappa shape index (κ1) is 14.5. The van der Waals surface area contributed by atoms with Crippen molar-refractivity contribution in [2.45, 2.75) is 58.0 Å². The first-order valence-corrected chi connectivity index (χ1v) is 6.66. The lowest BCUT2D eigenvalue weighted by atomic mass is 10.00. The van der Waals surface area contributed by atoms with Gasteiger partial charge in [-0.1, -0.05) is 6.42 Å². The predicted octanol–water partition coefficient (Wildman–Crippen LogP) is 1.10. The fraction of sp³-hybridized carbons (Fsp3) is 0.923. The number of carbonyl (C=O) groups excluding carboxylic acids is 1. The smallest absolute Gasteiger partial charge is 0.218 e. The highest BCUT2D eigenvalue weighted by Gasteiger charge is 2.23. The lowest BCUT2D eigenvalue weighted by molar-refractivity contribution is -0.118. The van der Waals surface area contributed by atoms with E-state index in [0.29, 0.717) is 12.5 Å². The van der Waals surface area contributed by atoms with Gasteiger partial charge in [0.2, 0.25) is 5.91 Å². The molecule has 1 unspecified atom stereocenters. The first-order chi connectivity index (χ1) is 7.88. The monoisotopic (exact) mass is 241 g/mol. The van der Waals surface area contributed by atoms with E-state index < -0.39 is 0 Å². The molecule has 17 heavy (non-hydrogen) atoms. The topological polar surface area (TPSA) is 58.4 Å². The summed E-state index contributed by atoms with van der Waals surface area (Å²) >= 11 is 0. The van der Waals surface area contributed by atoms with Gasteiger partial charge < -0.3 is 11.1 Å². The van der Waals surface area contributed by atoms with E-state index in [1.54, 1.807) is 0 Å². The minimum atomic E-state index is -0.196. The molecule has 0 spiro atoms. The van der Waals surface area contributed by atoms with Crippen LogP contribution in [0.4, 0.5) is 0 Å². The van der Waals surface area contributed by atoms with Crippen molar-refractivity contribution >= 4 is 5.91 Å². The van der Waals surface area contributed by atoms with Crippen LogP contribution in [-0.2, 0) is 4.79 Å². The third-order valence-corrected chi connectivity index (χ3v) is 3.26. The van der Waals surface area contributed by atoms with Gasteiger partial charge in [-0.25, -0.2) is 0 Å². The number of carbonyl (C=O) groups is 1. The summed E-state index contributed by atoms with van der Waals surface area (Å²) in [5.41, 5.74) is 5.38. The summed E-state index contributed by atoms with van der Waals surface area (Å²) in [6.07, 6.45) is 4.24. The molecule has 1 aliphatic rings. The molecule has 1 amide bonds. The van der Waals surface area contributed by atoms with Gasteiger partial charge in [-0.3, -0.25) is 9.69 Å². The summed E-state index contributed by atoms with van der Waals surface area (Å²) in [5, 5.41) is 3.55. The Hall–Kier alpha value is -0.610. The zero-order valence-corrected chi connectivity index (χ0v) is 11.5. The number of hydrogen-bond acceptors (Lipinski definition) is 3. The maximum atomic E-state index is 10.8. The Morgan fingerprint density at radius 3 is 2.71 bits per heavy atom. The zero-order valence-electron chi connectivity index (χ0n) is 11.5. The van der Waals surface area contributed by atoms with E-state index in [2.05, 4.69) is 31.0 Å². The number of amides is 1.